The predicted octanol–water partition coefficient (Wildman–Crippen LogP) is 4.15. The Morgan fingerprint density at radius 2 is 1.94 bits per heavy atom. The zero-order valence-electron chi connectivity index (χ0n) is 19.9. The number of aliphatic hydroxyl groups excluding tert-OH is 1. The molecule has 0 aliphatic heterocycles. The molecule has 0 amide bonds. The highest BCUT2D eigenvalue weighted by Gasteiger charge is 2.22. The largest absolute Gasteiger partial charge is 0.497 e. The first-order valence-electron chi connectivity index (χ1n) is 11.0. The minimum Gasteiger partial charge on any atom is -0.497 e. The highest BCUT2D eigenvalue weighted by Crippen LogP contribution is 2.32. The van der Waals surface area contributed by atoms with E-state index in [1.807, 2.05) is 54.2 Å². The Balaban J connectivity index is 1.70. The average Bonchev–Trinajstić information content (AvgIpc) is 3.18. The molecule has 1 heterocycles. The Hall–Kier alpha value is -2.83. The minimum absolute atomic E-state index is 0.0414. The SMILES string of the molecule is COc1cccc(C(NCC(O)COc2ccc(C)cc2C(C)(C)C)c2nccn2C)c1. The minimum atomic E-state index is -0.683. The fourth-order valence-electron chi connectivity index (χ4n) is 3.69. The van der Waals surface area contributed by atoms with Crippen LogP contribution in [0, 0.1) is 6.92 Å². The van der Waals surface area contributed by atoms with Crippen LogP contribution in [-0.4, -0.2) is 41.0 Å². The first-order valence-corrected chi connectivity index (χ1v) is 11.0. The number of methoxy groups -OCH3 is 1. The number of imidazole rings is 1. The van der Waals surface area contributed by atoms with Crippen LogP contribution in [-0.2, 0) is 12.5 Å². The predicted molar refractivity (Wildman–Crippen MR) is 127 cm³/mol. The molecular formula is C26H35N3O3. The van der Waals surface area contributed by atoms with E-state index >= 15 is 0 Å². The summed E-state index contributed by atoms with van der Waals surface area (Å²) in [6.45, 7) is 9.12. The van der Waals surface area contributed by atoms with Crippen molar-refractivity contribution in [3.8, 4) is 11.5 Å². The Morgan fingerprint density at radius 3 is 2.59 bits per heavy atom. The Bertz CT molecular complexity index is 1020. The number of hydrogen-bond donors (Lipinski definition) is 2. The second-order valence-corrected chi connectivity index (χ2v) is 9.23. The number of benzene rings is 2. The molecule has 3 aromatic rings. The topological polar surface area (TPSA) is 68.5 Å². The normalized spacial score (nSPS) is 13.6. The van der Waals surface area contributed by atoms with Crippen molar-refractivity contribution in [1.82, 2.24) is 14.9 Å². The van der Waals surface area contributed by atoms with Crippen molar-refractivity contribution in [2.75, 3.05) is 20.3 Å². The van der Waals surface area contributed by atoms with Crippen LogP contribution in [0.25, 0.3) is 0 Å². The molecule has 0 aliphatic carbocycles. The molecule has 0 radical (unpaired) electrons. The van der Waals surface area contributed by atoms with E-state index in [9.17, 15) is 5.11 Å². The average molecular weight is 438 g/mol. The summed E-state index contributed by atoms with van der Waals surface area (Å²) in [6, 6.07) is 13.9. The molecule has 2 unspecified atom stereocenters. The lowest BCUT2D eigenvalue weighted by atomic mass is 9.85. The van der Waals surface area contributed by atoms with Gasteiger partial charge in [0.2, 0.25) is 0 Å². The van der Waals surface area contributed by atoms with Gasteiger partial charge in [0, 0.05) is 26.0 Å². The van der Waals surface area contributed by atoms with Gasteiger partial charge >= 0.3 is 0 Å². The van der Waals surface area contributed by atoms with Gasteiger partial charge in [0.15, 0.2) is 0 Å². The lowest BCUT2D eigenvalue weighted by Crippen LogP contribution is -2.35. The van der Waals surface area contributed by atoms with Gasteiger partial charge in [-0.1, -0.05) is 50.6 Å². The van der Waals surface area contributed by atoms with Crippen LogP contribution in [0.3, 0.4) is 0 Å². The molecule has 6 heteroatoms. The second kappa shape index (κ2) is 10.2. The van der Waals surface area contributed by atoms with E-state index in [2.05, 4.69) is 44.1 Å². The molecule has 0 fully saturated rings. The molecule has 1 aromatic heterocycles. The number of ether oxygens (including phenoxy) is 2. The molecule has 32 heavy (non-hydrogen) atoms. The summed E-state index contributed by atoms with van der Waals surface area (Å²) < 4.78 is 13.4. The van der Waals surface area contributed by atoms with Crippen LogP contribution in [0.5, 0.6) is 11.5 Å². The molecule has 2 atom stereocenters. The molecule has 2 N–H and O–H groups in total. The molecule has 0 saturated carbocycles. The standard InChI is InChI=1S/C26H35N3O3/c1-18-10-11-23(22(14-18)26(2,3)4)32-17-20(30)16-28-24(25-27-12-13-29(25)5)19-8-7-9-21(15-19)31-6/h7-15,20,24,28,30H,16-17H2,1-6H3. The van der Waals surface area contributed by atoms with Crippen molar-refractivity contribution in [2.45, 2.75) is 45.3 Å². The van der Waals surface area contributed by atoms with Crippen LogP contribution in [0.2, 0.25) is 0 Å². The van der Waals surface area contributed by atoms with Crippen LogP contribution in [0.15, 0.2) is 54.9 Å². The fraction of sp³-hybridized carbons (Fsp3) is 0.423. The van der Waals surface area contributed by atoms with E-state index in [0.717, 1.165) is 28.5 Å². The van der Waals surface area contributed by atoms with E-state index in [1.165, 1.54) is 5.56 Å². The highest BCUT2D eigenvalue weighted by molar-refractivity contribution is 5.41. The summed E-state index contributed by atoms with van der Waals surface area (Å²) in [4.78, 5) is 4.51. The van der Waals surface area contributed by atoms with Gasteiger partial charge in [0.05, 0.1) is 13.2 Å². The molecule has 172 valence electrons. The van der Waals surface area contributed by atoms with Gasteiger partial charge in [-0.05, 0) is 41.7 Å². The maximum atomic E-state index is 10.7. The Morgan fingerprint density at radius 1 is 1.16 bits per heavy atom. The third-order valence-corrected chi connectivity index (χ3v) is 5.48. The molecule has 3 rings (SSSR count). The van der Waals surface area contributed by atoms with Crippen molar-refractivity contribution in [3.63, 3.8) is 0 Å². The van der Waals surface area contributed by atoms with Gasteiger partial charge in [0.25, 0.3) is 0 Å². The maximum absolute atomic E-state index is 10.7. The summed E-state index contributed by atoms with van der Waals surface area (Å²) >= 11 is 0. The zero-order valence-corrected chi connectivity index (χ0v) is 19.9. The van der Waals surface area contributed by atoms with E-state index < -0.39 is 6.10 Å². The van der Waals surface area contributed by atoms with Crippen molar-refractivity contribution in [1.29, 1.82) is 0 Å². The van der Waals surface area contributed by atoms with E-state index in [4.69, 9.17) is 9.47 Å². The van der Waals surface area contributed by atoms with Gasteiger partial charge in [-0.3, -0.25) is 0 Å². The van der Waals surface area contributed by atoms with Crippen molar-refractivity contribution >= 4 is 0 Å². The van der Waals surface area contributed by atoms with E-state index in [1.54, 1.807) is 13.3 Å². The van der Waals surface area contributed by atoms with Crippen LogP contribution >= 0.6 is 0 Å². The first-order chi connectivity index (χ1) is 15.2. The quantitative estimate of drug-likeness (QED) is 0.526. The monoisotopic (exact) mass is 437 g/mol. The number of aliphatic hydroxyl groups is 1. The van der Waals surface area contributed by atoms with Crippen molar-refractivity contribution < 1.29 is 14.6 Å². The maximum Gasteiger partial charge on any atom is 0.130 e. The van der Waals surface area contributed by atoms with Crippen molar-refractivity contribution in [3.05, 3.63) is 77.4 Å². The first kappa shape index (κ1) is 23.8. The summed E-state index contributed by atoms with van der Waals surface area (Å²) in [5.41, 5.74) is 3.31. The molecule has 0 spiro atoms. The molecule has 6 nitrogen and oxygen atoms in total. The van der Waals surface area contributed by atoms with Crippen LogP contribution in [0.4, 0.5) is 0 Å². The van der Waals surface area contributed by atoms with Crippen molar-refractivity contribution in [2.24, 2.45) is 7.05 Å². The molecule has 0 saturated heterocycles. The number of aryl methyl sites for hydroxylation is 2. The van der Waals surface area contributed by atoms with Crippen LogP contribution < -0.4 is 14.8 Å². The number of rotatable bonds is 9. The number of hydrogen-bond acceptors (Lipinski definition) is 5. The number of nitrogens with zero attached hydrogens (tertiary/aromatic N) is 2. The number of aromatic nitrogens is 2. The summed E-state index contributed by atoms with van der Waals surface area (Å²) in [7, 11) is 3.61. The lowest BCUT2D eigenvalue weighted by Gasteiger charge is -2.25. The third kappa shape index (κ3) is 5.90. The molecular weight excluding hydrogens is 402 g/mol. The lowest BCUT2D eigenvalue weighted by molar-refractivity contribution is 0.103. The third-order valence-electron chi connectivity index (χ3n) is 5.48. The van der Waals surface area contributed by atoms with Crippen LogP contribution in [0.1, 0.15) is 49.3 Å². The Kier molecular flexibility index (Phi) is 7.59. The highest BCUT2D eigenvalue weighted by atomic mass is 16.5. The Labute approximate surface area is 191 Å². The molecule has 0 aliphatic rings. The molecule has 0 bridgehead atoms. The fourth-order valence-corrected chi connectivity index (χ4v) is 3.69. The zero-order chi connectivity index (χ0) is 23.3. The van der Waals surface area contributed by atoms with Gasteiger partial charge in [-0.25, -0.2) is 4.98 Å². The number of nitrogens with one attached hydrogen (secondary N) is 1. The van der Waals surface area contributed by atoms with E-state index in [-0.39, 0.29) is 18.1 Å². The summed E-state index contributed by atoms with van der Waals surface area (Å²) in [6.07, 6.45) is 3.00. The smallest absolute Gasteiger partial charge is 0.130 e. The van der Waals surface area contributed by atoms with Gasteiger partial charge < -0.3 is 24.5 Å². The van der Waals surface area contributed by atoms with Gasteiger partial charge in [0.1, 0.15) is 30.0 Å². The molecule has 2 aromatic carbocycles. The second-order valence-electron chi connectivity index (χ2n) is 9.23. The van der Waals surface area contributed by atoms with Gasteiger partial charge in [-0.15, -0.1) is 0 Å². The van der Waals surface area contributed by atoms with Gasteiger partial charge in [-0.2, -0.15) is 0 Å². The van der Waals surface area contributed by atoms with E-state index in [0.29, 0.717) is 6.54 Å². The summed E-state index contributed by atoms with van der Waals surface area (Å²) in [5, 5.41) is 14.1. The summed E-state index contributed by atoms with van der Waals surface area (Å²) in [5.74, 6) is 2.46.